The second-order valence-electron chi connectivity index (χ2n) is 3.62. The SMILES string of the molecule is CCCC(N)CNC(=O)c1ccc(F)cn1. The molecule has 4 nitrogen and oxygen atoms in total. The second-order valence-corrected chi connectivity index (χ2v) is 3.62. The molecule has 0 aliphatic rings. The van der Waals surface area contributed by atoms with Gasteiger partial charge in [0.1, 0.15) is 11.5 Å². The van der Waals surface area contributed by atoms with Crippen LogP contribution in [0.4, 0.5) is 4.39 Å². The summed E-state index contributed by atoms with van der Waals surface area (Å²) in [4.78, 5) is 15.2. The van der Waals surface area contributed by atoms with Crippen molar-refractivity contribution >= 4 is 5.91 Å². The third-order valence-corrected chi connectivity index (χ3v) is 2.14. The summed E-state index contributed by atoms with van der Waals surface area (Å²) in [5.74, 6) is -0.786. The minimum absolute atomic E-state index is 0.0469. The van der Waals surface area contributed by atoms with Gasteiger partial charge in [-0.15, -0.1) is 0 Å². The summed E-state index contributed by atoms with van der Waals surface area (Å²) in [6.45, 7) is 2.44. The quantitative estimate of drug-likeness (QED) is 0.787. The Bertz CT molecular complexity index is 340. The van der Waals surface area contributed by atoms with E-state index in [0.29, 0.717) is 6.54 Å². The van der Waals surface area contributed by atoms with Crippen LogP contribution in [0.5, 0.6) is 0 Å². The van der Waals surface area contributed by atoms with E-state index in [2.05, 4.69) is 10.3 Å². The molecule has 88 valence electrons. The van der Waals surface area contributed by atoms with E-state index >= 15 is 0 Å². The zero-order valence-electron chi connectivity index (χ0n) is 9.24. The van der Waals surface area contributed by atoms with E-state index in [4.69, 9.17) is 5.73 Å². The van der Waals surface area contributed by atoms with Gasteiger partial charge in [0.05, 0.1) is 6.20 Å². The number of hydrogen-bond acceptors (Lipinski definition) is 3. The van der Waals surface area contributed by atoms with E-state index in [1.54, 1.807) is 0 Å². The molecule has 3 N–H and O–H groups in total. The molecule has 0 saturated carbocycles. The molecular formula is C11H16FN3O. The first-order valence-electron chi connectivity index (χ1n) is 5.28. The van der Waals surface area contributed by atoms with Gasteiger partial charge >= 0.3 is 0 Å². The van der Waals surface area contributed by atoms with Crippen LogP contribution in [0.1, 0.15) is 30.3 Å². The summed E-state index contributed by atoms with van der Waals surface area (Å²) in [7, 11) is 0. The summed E-state index contributed by atoms with van der Waals surface area (Å²) < 4.78 is 12.6. The van der Waals surface area contributed by atoms with Crippen LogP contribution in [0, 0.1) is 5.82 Å². The first kappa shape index (κ1) is 12.6. The number of nitrogens with two attached hydrogens (primary N) is 1. The molecule has 1 amide bonds. The molecule has 5 heteroatoms. The molecule has 0 aliphatic carbocycles. The summed E-state index contributed by atoms with van der Waals surface area (Å²) in [6, 6.07) is 2.50. The van der Waals surface area contributed by atoms with E-state index in [1.807, 2.05) is 6.92 Å². The van der Waals surface area contributed by atoms with Crippen LogP contribution in [-0.2, 0) is 0 Å². The van der Waals surface area contributed by atoms with E-state index in [1.165, 1.54) is 12.1 Å². The summed E-state index contributed by atoms with van der Waals surface area (Å²) in [5, 5.41) is 2.65. The average Bonchev–Trinajstić information content (AvgIpc) is 2.27. The summed E-state index contributed by atoms with van der Waals surface area (Å²) in [5.41, 5.74) is 5.94. The highest BCUT2D eigenvalue weighted by atomic mass is 19.1. The number of carbonyl (C=O) groups is 1. The fraction of sp³-hybridized carbons (Fsp3) is 0.455. The van der Waals surface area contributed by atoms with Crippen LogP contribution in [0.2, 0.25) is 0 Å². The van der Waals surface area contributed by atoms with Crippen molar-refractivity contribution in [2.45, 2.75) is 25.8 Å². The molecular weight excluding hydrogens is 209 g/mol. The van der Waals surface area contributed by atoms with Gasteiger partial charge in [0.25, 0.3) is 5.91 Å². The highest BCUT2D eigenvalue weighted by molar-refractivity contribution is 5.92. The molecule has 0 spiro atoms. The lowest BCUT2D eigenvalue weighted by atomic mass is 10.2. The van der Waals surface area contributed by atoms with Crippen molar-refractivity contribution in [1.82, 2.24) is 10.3 Å². The molecule has 0 radical (unpaired) electrons. The van der Waals surface area contributed by atoms with Gasteiger partial charge in [-0.1, -0.05) is 13.3 Å². The number of aromatic nitrogens is 1. The minimum atomic E-state index is -0.459. The smallest absolute Gasteiger partial charge is 0.269 e. The van der Waals surface area contributed by atoms with Crippen molar-refractivity contribution in [3.63, 3.8) is 0 Å². The number of pyridine rings is 1. The molecule has 0 aliphatic heterocycles. The van der Waals surface area contributed by atoms with E-state index in [-0.39, 0.29) is 17.6 Å². The molecule has 1 aromatic rings. The van der Waals surface area contributed by atoms with Crippen molar-refractivity contribution in [2.24, 2.45) is 5.73 Å². The number of nitrogens with one attached hydrogen (secondary N) is 1. The fourth-order valence-corrected chi connectivity index (χ4v) is 1.30. The Morgan fingerprint density at radius 1 is 1.62 bits per heavy atom. The number of rotatable bonds is 5. The zero-order valence-corrected chi connectivity index (χ0v) is 9.24. The third kappa shape index (κ3) is 3.94. The van der Waals surface area contributed by atoms with Gasteiger partial charge < -0.3 is 11.1 Å². The number of amides is 1. The first-order chi connectivity index (χ1) is 7.63. The molecule has 1 rings (SSSR count). The summed E-state index contributed by atoms with van der Waals surface area (Å²) in [6.07, 6.45) is 2.85. The van der Waals surface area contributed by atoms with Gasteiger partial charge in [0.2, 0.25) is 0 Å². The number of nitrogens with zero attached hydrogens (tertiary/aromatic N) is 1. The Morgan fingerprint density at radius 2 is 2.38 bits per heavy atom. The number of carbonyl (C=O) groups excluding carboxylic acids is 1. The monoisotopic (exact) mass is 225 g/mol. The van der Waals surface area contributed by atoms with Crippen LogP contribution in [0.3, 0.4) is 0 Å². The Labute approximate surface area is 94.1 Å². The first-order valence-corrected chi connectivity index (χ1v) is 5.28. The van der Waals surface area contributed by atoms with Crippen molar-refractivity contribution in [2.75, 3.05) is 6.54 Å². The van der Waals surface area contributed by atoms with Crippen molar-refractivity contribution < 1.29 is 9.18 Å². The highest BCUT2D eigenvalue weighted by Crippen LogP contribution is 1.98. The maximum Gasteiger partial charge on any atom is 0.269 e. The number of hydrogen-bond donors (Lipinski definition) is 2. The molecule has 0 aromatic carbocycles. The van der Waals surface area contributed by atoms with E-state index in [0.717, 1.165) is 19.0 Å². The Hall–Kier alpha value is -1.49. The van der Waals surface area contributed by atoms with E-state index in [9.17, 15) is 9.18 Å². The molecule has 1 aromatic heterocycles. The zero-order chi connectivity index (χ0) is 12.0. The lowest BCUT2D eigenvalue weighted by Gasteiger charge is -2.10. The van der Waals surface area contributed by atoms with E-state index < -0.39 is 5.82 Å². The highest BCUT2D eigenvalue weighted by Gasteiger charge is 2.08. The molecule has 1 atom stereocenters. The van der Waals surface area contributed by atoms with Gasteiger partial charge in [0.15, 0.2) is 0 Å². The second kappa shape index (κ2) is 6.17. The maximum atomic E-state index is 12.6. The van der Waals surface area contributed by atoms with Crippen LogP contribution in [-0.4, -0.2) is 23.5 Å². The lowest BCUT2D eigenvalue weighted by Crippen LogP contribution is -2.37. The lowest BCUT2D eigenvalue weighted by molar-refractivity contribution is 0.0945. The van der Waals surface area contributed by atoms with Gasteiger partial charge in [-0.25, -0.2) is 9.37 Å². The predicted molar refractivity (Wildman–Crippen MR) is 59.4 cm³/mol. The van der Waals surface area contributed by atoms with Crippen molar-refractivity contribution in [3.8, 4) is 0 Å². The largest absolute Gasteiger partial charge is 0.349 e. The molecule has 0 saturated heterocycles. The Kier molecular flexibility index (Phi) is 4.85. The normalized spacial score (nSPS) is 12.2. The average molecular weight is 225 g/mol. The Balaban J connectivity index is 2.43. The van der Waals surface area contributed by atoms with Crippen molar-refractivity contribution in [3.05, 3.63) is 29.8 Å². The van der Waals surface area contributed by atoms with Gasteiger partial charge in [-0.2, -0.15) is 0 Å². The van der Waals surface area contributed by atoms with Crippen LogP contribution in [0.25, 0.3) is 0 Å². The molecule has 1 heterocycles. The standard InChI is InChI=1S/C11H16FN3O/c1-2-3-9(13)7-15-11(16)10-5-4-8(12)6-14-10/h4-6,9H,2-3,7,13H2,1H3,(H,15,16). The summed E-state index contributed by atoms with van der Waals surface area (Å²) >= 11 is 0. The molecule has 0 fully saturated rings. The van der Waals surface area contributed by atoms with Gasteiger partial charge in [-0.05, 0) is 18.6 Å². The number of halogens is 1. The minimum Gasteiger partial charge on any atom is -0.349 e. The Morgan fingerprint density at radius 3 is 2.94 bits per heavy atom. The topological polar surface area (TPSA) is 68.0 Å². The van der Waals surface area contributed by atoms with Crippen LogP contribution in [0.15, 0.2) is 18.3 Å². The van der Waals surface area contributed by atoms with Gasteiger partial charge in [-0.3, -0.25) is 4.79 Å². The molecule has 16 heavy (non-hydrogen) atoms. The van der Waals surface area contributed by atoms with Crippen LogP contribution < -0.4 is 11.1 Å². The maximum absolute atomic E-state index is 12.6. The molecule has 0 bridgehead atoms. The van der Waals surface area contributed by atoms with Gasteiger partial charge in [0, 0.05) is 12.6 Å². The van der Waals surface area contributed by atoms with Crippen molar-refractivity contribution in [1.29, 1.82) is 0 Å². The third-order valence-electron chi connectivity index (χ3n) is 2.14. The predicted octanol–water partition coefficient (Wildman–Crippen LogP) is 1.08. The molecule has 1 unspecified atom stereocenters. The fourth-order valence-electron chi connectivity index (χ4n) is 1.30. The van der Waals surface area contributed by atoms with Crippen LogP contribution >= 0.6 is 0 Å².